The number of nitrogen functional groups attached to an aromatic ring is 2. The standard InChI is InChI=1S/C19H15F3N2/c20-19(21,22)14-8-4-12(5-9-14)16-2-1-3-17(18(16)24)13-6-10-15(23)11-7-13/h1-11H,23-24H2. The lowest BCUT2D eigenvalue weighted by molar-refractivity contribution is -0.137. The number of hydrogen-bond acceptors (Lipinski definition) is 2. The van der Waals surface area contributed by atoms with Crippen LogP contribution in [0.1, 0.15) is 5.56 Å². The Morgan fingerprint density at radius 1 is 0.625 bits per heavy atom. The molecule has 2 nitrogen and oxygen atoms in total. The molecule has 0 unspecified atom stereocenters. The van der Waals surface area contributed by atoms with Gasteiger partial charge in [0, 0.05) is 22.5 Å². The third-order valence-electron chi connectivity index (χ3n) is 3.85. The smallest absolute Gasteiger partial charge is 0.399 e. The Bertz CT molecular complexity index is 851. The van der Waals surface area contributed by atoms with Gasteiger partial charge in [-0.3, -0.25) is 0 Å². The van der Waals surface area contributed by atoms with Gasteiger partial charge in [-0.2, -0.15) is 13.2 Å². The highest BCUT2D eigenvalue weighted by Crippen LogP contribution is 2.36. The van der Waals surface area contributed by atoms with Crippen molar-refractivity contribution in [1.82, 2.24) is 0 Å². The van der Waals surface area contributed by atoms with Crippen molar-refractivity contribution < 1.29 is 13.2 Å². The molecule has 24 heavy (non-hydrogen) atoms. The molecule has 0 fully saturated rings. The van der Waals surface area contributed by atoms with Crippen LogP contribution in [-0.2, 0) is 6.18 Å². The fourth-order valence-electron chi connectivity index (χ4n) is 2.57. The van der Waals surface area contributed by atoms with Gasteiger partial charge in [-0.15, -0.1) is 0 Å². The van der Waals surface area contributed by atoms with E-state index >= 15 is 0 Å². The molecule has 0 heterocycles. The van der Waals surface area contributed by atoms with E-state index in [1.807, 2.05) is 24.3 Å². The summed E-state index contributed by atoms with van der Waals surface area (Å²) in [5, 5.41) is 0. The molecule has 122 valence electrons. The van der Waals surface area contributed by atoms with E-state index in [1.165, 1.54) is 12.1 Å². The van der Waals surface area contributed by atoms with Gasteiger partial charge >= 0.3 is 6.18 Å². The molecular weight excluding hydrogens is 313 g/mol. The summed E-state index contributed by atoms with van der Waals surface area (Å²) < 4.78 is 38.1. The number of alkyl halides is 3. The van der Waals surface area contributed by atoms with E-state index in [4.69, 9.17) is 11.5 Å². The molecule has 0 spiro atoms. The normalized spacial score (nSPS) is 11.5. The number of halogens is 3. The average Bonchev–Trinajstić information content (AvgIpc) is 2.55. The van der Waals surface area contributed by atoms with E-state index in [0.29, 0.717) is 22.5 Å². The quantitative estimate of drug-likeness (QED) is 0.635. The van der Waals surface area contributed by atoms with Gasteiger partial charge in [-0.25, -0.2) is 0 Å². The summed E-state index contributed by atoms with van der Waals surface area (Å²) in [6.45, 7) is 0. The van der Waals surface area contributed by atoms with Crippen LogP contribution in [0, 0.1) is 0 Å². The second-order valence-corrected chi connectivity index (χ2v) is 5.46. The van der Waals surface area contributed by atoms with Crippen LogP contribution in [0.5, 0.6) is 0 Å². The lowest BCUT2D eigenvalue weighted by atomic mass is 9.95. The molecule has 0 aliphatic carbocycles. The fourth-order valence-corrected chi connectivity index (χ4v) is 2.57. The van der Waals surface area contributed by atoms with Gasteiger partial charge in [0.15, 0.2) is 0 Å². The van der Waals surface area contributed by atoms with Crippen LogP contribution in [0.3, 0.4) is 0 Å². The van der Waals surface area contributed by atoms with Gasteiger partial charge in [0.05, 0.1) is 5.56 Å². The molecule has 0 aromatic heterocycles. The third-order valence-corrected chi connectivity index (χ3v) is 3.85. The topological polar surface area (TPSA) is 52.0 Å². The van der Waals surface area contributed by atoms with Crippen LogP contribution < -0.4 is 11.5 Å². The van der Waals surface area contributed by atoms with Crippen molar-refractivity contribution in [2.45, 2.75) is 6.18 Å². The maximum atomic E-state index is 12.7. The minimum absolute atomic E-state index is 0.516. The van der Waals surface area contributed by atoms with Gasteiger partial charge in [0.25, 0.3) is 0 Å². The largest absolute Gasteiger partial charge is 0.416 e. The minimum Gasteiger partial charge on any atom is -0.399 e. The van der Waals surface area contributed by atoms with Crippen molar-refractivity contribution >= 4 is 11.4 Å². The maximum Gasteiger partial charge on any atom is 0.416 e. The van der Waals surface area contributed by atoms with Crippen molar-refractivity contribution in [3.8, 4) is 22.3 Å². The molecule has 3 aromatic carbocycles. The van der Waals surface area contributed by atoms with Crippen molar-refractivity contribution in [3.63, 3.8) is 0 Å². The summed E-state index contributed by atoms with van der Waals surface area (Å²) in [6, 6.07) is 17.7. The second-order valence-electron chi connectivity index (χ2n) is 5.46. The van der Waals surface area contributed by atoms with E-state index in [0.717, 1.165) is 23.3 Å². The first-order valence-corrected chi connectivity index (χ1v) is 7.28. The molecule has 3 aromatic rings. The minimum atomic E-state index is -4.35. The first-order chi connectivity index (χ1) is 11.4. The second kappa shape index (κ2) is 5.92. The molecule has 0 aliphatic rings. The number of benzene rings is 3. The van der Waals surface area contributed by atoms with Crippen molar-refractivity contribution in [1.29, 1.82) is 0 Å². The highest BCUT2D eigenvalue weighted by molar-refractivity contribution is 5.89. The first-order valence-electron chi connectivity index (χ1n) is 7.28. The molecule has 0 saturated carbocycles. The van der Waals surface area contributed by atoms with E-state index in [1.54, 1.807) is 18.2 Å². The zero-order valence-corrected chi connectivity index (χ0v) is 12.6. The lowest BCUT2D eigenvalue weighted by Crippen LogP contribution is -2.04. The lowest BCUT2D eigenvalue weighted by Gasteiger charge is -2.13. The molecule has 0 bridgehead atoms. The summed E-state index contributed by atoms with van der Waals surface area (Å²) in [6.07, 6.45) is -4.35. The molecular formula is C19H15F3N2. The van der Waals surface area contributed by atoms with Crippen LogP contribution in [0.2, 0.25) is 0 Å². The summed E-state index contributed by atoms with van der Waals surface area (Å²) in [5.41, 5.74) is 15.5. The van der Waals surface area contributed by atoms with Gasteiger partial charge in [0.2, 0.25) is 0 Å². The zero-order chi connectivity index (χ0) is 17.3. The molecule has 0 atom stereocenters. The summed E-state index contributed by atoms with van der Waals surface area (Å²) in [4.78, 5) is 0. The molecule has 0 saturated heterocycles. The molecule has 0 aliphatic heterocycles. The SMILES string of the molecule is Nc1ccc(-c2cccc(-c3ccc(C(F)(F)F)cc3)c2N)cc1. The summed E-state index contributed by atoms with van der Waals surface area (Å²) in [5.74, 6) is 0. The van der Waals surface area contributed by atoms with Crippen molar-refractivity contribution in [3.05, 3.63) is 72.3 Å². The summed E-state index contributed by atoms with van der Waals surface area (Å²) >= 11 is 0. The summed E-state index contributed by atoms with van der Waals surface area (Å²) in [7, 11) is 0. The molecule has 0 amide bonds. The Morgan fingerprint density at radius 2 is 1.08 bits per heavy atom. The fraction of sp³-hybridized carbons (Fsp3) is 0.0526. The van der Waals surface area contributed by atoms with Crippen LogP contribution in [0.15, 0.2) is 66.7 Å². The Morgan fingerprint density at radius 3 is 1.54 bits per heavy atom. The number of anilines is 2. The Kier molecular flexibility index (Phi) is 3.93. The highest BCUT2D eigenvalue weighted by Gasteiger charge is 2.30. The molecule has 3 rings (SSSR count). The number of para-hydroxylation sites is 1. The molecule has 5 heteroatoms. The Hall–Kier alpha value is -2.95. The van der Waals surface area contributed by atoms with E-state index in [2.05, 4.69) is 0 Å². The molecule has 0 radical (unpaired) electrons. The number of nitrogens with two attached hydrogens (primary N) is 2. The van der Waals surface area contributed by atoms with Crippen molar-refractivity contribution in [2.75, 3.05) is 11.5 Å². The van der Waals surface area contributed by atoms with Crippen LogP contribution in [0.25, 0.3) is 22.3 Å². The first kappa shape index (κ1) is 15.9. The van der Waals surface area contributed by atoms with Gasteiger partial charge in [0.1, 0.15) is 0 Å². The number of rotatable bonds is 2. The predicted octanol–water partition coefficient (Wildman–Crippen LogP) is 5.20. The molecule has 4 N–H and O–H groups in total. The van der Waals surface area contributed by atoms with E-state index in [9.17, 15) is 13.2 Å². The predicted molar refractivity (Wildman–Crippen MR) is 91.1 cm³/mol. The van der Waals surface area contributed by atoms with Gasteiger partial charge in [-0.05, 0) is 35.4 Å². The highest BCUT2D eigenvalue weighted by atomic mass is 19.4. The Balaban J connectivity index is 2.03. The average molecular weight is 328 g/mol. The van der Waals surface area contributed by atoms with E-state index < -0.39 is 11.7 Å². The van der Waals surface area contributed by atoms with Crippen LogP contribution in [0.4, 0.5) is 24.5 Å². The Labute approximate surface area is 137 Å². The van der Waals surface area contributed by atoms with E-state index in [-0.39, 0.29) is 0 Å². The van der Waals surface area contributed by atoms with Crippen molar-refractivity contribution in [2.24, 2.45) is 0 Å². The van der Waals surface area contributed by atoms with Crippen LogP contribution >= 0.6 is 0 Å². The monoisotopic (exact) mass is 328 g/mol. The zero-order valence-electron chi connectivity index (χ0n) is 12.6. The van der Waals surface area contributed by atoms with Gasteiger partial charge < -0.3 is 11.5 Å². The third kappa shape index (κ3) is 3.06. The number of hydrogen-bond donors (Lipinski definition) is 2. The maximum absolute atomic E-state index is 12.7. The van der Waals surface area contributed by atoms with Gasteiger partial charge in [-0.1, -0.05) is 42.5 Å². The van der Waals surface area contributed by atoms with Crippen LogP contribution in [-0.4, -0.2) is 0 Å².